The molecular formula is C26H22N4O10S2. The second-order valence-corrected chi connectivity index (χ2v) is 13.6. The van der Waals surface area contributed by atoms with Gasteiger partial charge in [0, 0.05) is 51.7 Å². The summed E-state index contributed by atoms with van der Waals surface area (Å²) in [5.74, 6) is -1.63. The molecule has 0 saturated carbocycles. The lowest BCUT2D eigenvalue weighted by molar-refractivity contribution is -0.394. The average Bonchev–Trinajstić information content (AvgIpc) is 3.28. The Hall–Kier alpha value is -4.54. The molecule has 0 aliphatic carbocycles. The van der Waals surface area contributed by atoms with Gasteiger partial charge >= 0.3 is 5.97 Å². The number of furan rings is 1. The number of carboxylic acids is 1. The number of hydrogen-bond donors (Lipinski definition) is 2. The molecule has 0 radical (unpaired) electrons. The third-order valence-electron chi connectivity index (χ3n) is 6.86. The van der Waals surface area contributed by atoms with E-state index in [0.29, 0.717) is 22.1 Å². The number of nitrogens with zero attached hydrogens (tertiary/aromatic N) is 3. The molecule has 14 nitrogen and oxygen atoms in total. The second kappa shape index (κ2) is 10.4. The van der Waals surface area contributed by atoms with Crippen molar-refractivity contribution in [3.63, 3.8) is 0 Å². The Balaban J connectivity index is 1.48. The number of nitro benzene ring substituents is 2. The van der Waals surface area contributed by atoms with Crippen LogP contribution in [0.2, 0.25) is 0 Å². The van der Waals surface area contributed by atoms with E-state index in [4.69, 9.17) is 4.42 Å². The van der Waals surface area contributed by atoms with Crippen molar-refractivity contribution in [2.24, 2.45) is 0 Å². The minimum absolute atomic E-state index is 0.0361. The number of rotatable bonds is 7. The summed E-state index contributed by atoms with van der Waals surface area (Å²) in [6, 6.07) is 10.0. The first-order valence-electron chi connectivity index (χ1n) is 12.3. The topological polar surface area (TPSA) is 203 Å². The van der Waals surface area contributed by atoms with Crippen molar-refractivity contribution in [3.8, 4) is 0 Å². The van der Waals surface area contributed by atoms with Crippen LogP contribution in [0.25, 0.3) is 21.9 Å². The number of nitro groups is 2. The van der Waals surface area contributed by atoms with Gasteiger partial charge in [-0.2, -0.15) is 16.1 Å². The summed E-state index contributed by atoms with van der Waals surface area (Å²) in [6.45, 7) is 3.43. The zero-order chi connectivity index (χ0) is 30.6. The van der Waals surface area contributed by atoms with E-state index < -0.39 is 53.9 Å². The summed E-state index contributed by atoms with van der Waals surface area (Å²) in [6.07, 6.45) is 0. The lowest BCUT2D eigenvalue weighted by Crippen LogP contribution is -2.58. The third kappa shape index (κ3) is 5.15. The van der Waals surface area contributed by atoms with Gasteiger partial charge in [0.1, 0.15) is 17.2 Å². The molecule has 3 aromatic carbocycles. The Morgan fingerprint density at radius 2 is 1.67 bits per heavy atom. The first-order valence-corrected chi connectivity index (χ1v) is 14.7. The van der Waals surface area contributed by atoms with E-state index in [-0.39, 0.29) is 28.3 Å². The van der Waals surface area contributed by atoms with Crippen LogP contribution in [0.3, 0.4) is 0 Å². The molecule has 218 valence electrons. The molecular weight excluding hydrogens is 592 g/mol. The molecule has 0 bridgehead atoms. The number of carboxylic acid groups (broad SMARTS) is 1. The standard InChI is InChI=1S/C26H22N4O10S2/c1-26(2)23(25(32)33)28(7-8-41-26)42(38,39)18-4-6-21-20(13-18)19-5-3-15(11-22(19)40-21)27-24(31)14-9-16(29(34)35)12-17(10-14)30(36)37/h3-6,9-13,23H,7-8H2,1-2H3,(H,27,31)(H,32,33). The zero-order valence-electron chi connectivity index (χ0n) is 22.0. The highest BCUT2D eigenvalue weighted by atomic mass is 32.2. The van der Waals surface area contributed by atoms with Crippen LogP contribution in [0.5, 0.6) is 0 Å². The summed E-state index contributed by atoms with van der Waals surface area (Å²) in [5.41, 5.74) is -0.698. The van der Waals surface area contributed by atoms with E-state index in [1.54, 1.807) is 19.9 Å². The van der Waals surface area contributed by atoms with E-state index in [1.165, 1.54) is 42.1 Å². The maximum absolute atomic E-state index is 13.6. The molecule has 0 spiro atoms. The number of fused-ring (bicyclic) bond motifs is 3. The lowest BCUT2D eigenvalue weighted by atomic mass is 10.0. The molecule has 1 fully saturated rings. The van der Waals surface area contributed by atoms with Gasteiger partial charge < -0.3 is 14.8 Å². The van der Waals surface area contributed by atoms with Crippen LogP contribution < -0.4 is 5.32 Å². The highest BCUT2D eigenvalue weighted by molar-refractivity contribution is 8.00. The van der Waals surface area contributed by atoms with E-state index >= 15 is 0 Å². The quantitative estimate of drug-likeness (QED) is 0.217. The summed E-state index contributed by atoms with van der Waals surface area (Å²) >= 11 is 1.39. The number of anilines is 1. The summed E-state index contributed by atoms with van der Waals surface area (Å²) in [5, 5.41) is 35.6. The van der Waals surface area contributed by atoms with Crippen LogP contribution >= 0.6 is 11.8 Å². The number of benzene rings is 3. The highest BCUT2D eigenvalue weighted by Crippen LogP contribution is 2.39. The Morgan fingerprint density at radius 3 is 2.29 bits per heavy atom. The van der Waals surface area contributed by atoms with Crippen LogP contribution in [0.4, 0.5) is 17.1 Å². The maximum atomic E-state index is 13.6. The van der Waals surface area contributed by atoms with E-state index in [9.17, 15) is 43.3 Å². The zero-order valence-corrected chi connectivity index (χ0v) is 23.6. The van der Waals surface area contributed by atoms with Crippen molar-refractivity contribution in [1.82, 2.24) is 4.31 Å². The molecule has 1 aromatic heterocycles. The minimum atomic E-state index is -4.19. The van der Waals surface area contributed by atoms with Gasteiger partial charge in [-0.05, 0) is 44.2 Å². The average molecular weight is 615 g/mol. The molecule has 2 heterocycles. The lowest BCUT2D eigenvalue weighted by Gasteiger charge is -2.42. The molecule has 1 saturated heterocycles. The number of aliphatic carboxylic acids is 1. The Labute approximate surface area is 241 Å². The van der Waals surface area contributed by atoms with Crippen LogP contribution in [0.1, 0.15) is 24.2 Å². The van der Waals surface area contributed by atoms with Gasteiger partial charge in [0.25, 0.3) is 17.3 Å². The molecule has 2 N–H and O–H groups in total. The normalized spacial score (nSPS) is 17.2. The molecule has 16 heteroatoms. The molecule has 1 amide bonds. The van der Waals surface area contributed by atoms with Gasteiger partial charge in [0.05, 0.1) is 26.4 Å². The SMILES string of the molecule is CC1(C)SCCN(S(=O)(=O)c2ccc3oc4cc(NC(=O)c5cc([N+](=O)[O-])cc([N+](=O)[O-])c5)ccc4c3c2)C1C(=O)O. The minimum Gasteiger partial charge on any atom is -0.480 e. The molecule has 5 rings (SSSR count). The Bertz CT molecular complexity index is 1890. The van der Waals surface area contributed by atoms with Gasteiger partial charge in [-0.25, -0.2) is 8.42 Å². The fourth-order valence-electron chi connectivity index (χ4n) is 4.90. The predicted molar refractivity (Wildman–Crippen MR) is 153 cm³/mol. The molecule has 1 atom stereocenters. The number of amides is 1. The number of sulfonamides is 1. The van der Waals surface area contributed by atoms with Gasteiger partial charge in [0.15, 0.2) is 0 Å². The largest absolute Gasteiger partial charge is 0.480 e. The molecule has 4 aromatic rings. The van der Waals surface area contributed by atoms with Crippen LogP contribution in [-0.2, 0) is 14.8 Å². The fraction of sp³-hybridized carbons (Fsp3) is 0.231. The molecule has 42 heavy (non-hydrogen) atoms. The number of carbonyl (C=O) groups excluding carboxylic acids is 1. The van der Waals surface area contributed by atoms with Crippen molar-refractivity contribution in [1.29, 1.82) is 0 Å². The van der Waals surface area contributed by atoms with Crippen molar-refractivity contribution in [3.05, 3.63) is 80.4 Å². The van der Waals surface area contributed by atoms with Gasteiger partial charge in [0.2, 0.25) is 10.0 Å². The van der Waals surface area contributed by atoms with Crippen molar-refractivity contribution < 1.29 is 37.4 Å². The van der Waals surface area contributed by atoms with Crippen LogP contribution in [0.15, 0.2) is 63.9 Å². The number of carbonyl (C=O) groups is 2. The summed E-state index contributed by atoms with van der Waals surface area (Å²) < 4.78 is 33.3. The summed E-state index contributed by atoms with van der Waals surface area (Å²) in [7, 11) is -4.19. The third-order valence-corrected chi connectivity index (χ3v) is 10.1. The number of non-ortho nitro benzene ring substituents is 2. The molecule has 1 unspecified atom stereocenters. The van der Waals surface area contributed by atoms with Crippen molar-refractivity contribution in [2.75, 3.05) is 17.6 Å². The van der Waals surface area contributed by atoms with Gasteiger partial charge in [-0.15, -0.1) is 0 Å². The number of nitrogens with one attached hydrogen (secondary N) is 1. The van der Waals surface area contributed by atoms with Crippen LogP contribution in [-0.4, -0.2) is 62.6 Å². The molecule has 1 aliphatic rings. The highest BCUT2D eigenvalue weighted by Gasteiger charge is 2.48. The summed E-state index contributed by atoms with van der Waals surface area (Å²) in [4.78, 5) is 45.4. The Kier molecular flexibility index (Phi) is 7.16. The van der Waals surface area contributed by atoms with E-state index in [2.05, 4.69) is 5.32 Å². The Morgan fingerprint density at radius 1 is 1.00 bits per heavy atom. The number of hydrogen-bond acceptors (Lipinski definition) is 10. The maximum Gasteiger partial charge on any atom is 0.323 e. The van der Waals surface area contributed by atoms with Gasteiger partial charge in [-0.3, -0.25) is 29.8 Å². The first-order chi connectivity index (χ1) is 19.7. The van der Waals surface area contributed by atoms with Crippen LogP contribution in [0, 0.1) is 20.2 Å². The predicted octanol–water partition coefficient (Wildman–Crippen LogP) is 4.62. The van der Waals surface area contributed by atoms with E-state index in [1.807, 2.05) is 0 Å². The smallest absolute Gasteiger partial charge is 0.323 e. The first kappa shape index (κ1) is 29.0. The number of thioether (sulfide) groups is 1. The fourth-order valence-corrected chi connectivity index (χ4v) is 8.03. The van der Waals surface area contributed by atoms with E-state index in [0.717, 1.165) is 22.5 Å². The van der Waals surface area contributed by atoms with Gasteiger partial charge in [-0.1, -0.05) is 0 Å². The monoisotopic (exact) mass is 614 g/mol. The second-order valence-electron chi connectivity index (χ2n) is 9.99. The van der Waals surface area contributed by atoms with Crippen molar-refractivity contribution in [2.45, 2.75) is 29.5 Å². The van der Waals surface area contributed by atoms with Crippen molar-refractivity contribution >= 4 is 72.7 Å². The molecule has 1 aliphatic heterocycles.